The highest BCUT2D eigenvalue weighted by molar-refractivity contribution is 5.69. The maximum absolute atomic E-state index is 10.9. The van der Waals surface area contributed by atoms with E-state index in [2.05, 4.69) is 18.7 Å². The Morgan fingerprint density at radius 1 is 1.41 bits per heavy atom. The zero-order valence-electron chi connectivity index (χ0n) is 11.2. The molecule has 1 aliphatic carbocycles. The Morgan fingerprint density at radius 2 is 2.12 bits per heavy atom. The first-order chi connectivity index (χ1) is 8.06. The van der Waals surface area contributed by atoms with E-state index in [0.717, 1.165) is 6.42 Å². The summed E-state index contributed by atoms with van der Waals surface area (Å²) in [7, 11) is 1.66. The lowest BCUT2D eigenvalue weighted by Gasteiger charge is -2.41. The minimum absolute atomic E-state index is 0.130. The SMILES string of the molecule is COCCN(CC(=O)O)C1CCCC(C)C1C. The molecule has 1 aliphatic rings. The van der Waals surface area contributed by atoms with Crippen LogP contribution >= 0.6 is 0 Å². The Labute approximate surface area is 104 Å². The van der Waals surface area contributed by atoms with Crippen LogP contribution < -0.4 is 0 Å². The highest BCUT2D eigenvalue weighted by atomic mass is 16.5. The first-order valence-electron chi connectivity index (χ1n) is 6.51. The van der Waals surface area contributed by atoms with E-state index < -0.39 is 5.97 Å². The summed E-state index contributed by atoms with van der Waals surface area (Å²) in [6.07, 6.45) is 3.59. The molecule has 0 aromatic heterocycles. The van der Waals surface area contributed by atoms with Crippen molar-refractivity contribution < 1.29 is 14.6 Å². The summed E-state index contributed by atoms with van der Waals surface area (Å²) in [6.45, 7) is 5.96. The van der Waals surface area contributed by atoms with Crippen molar-refractivity contribution in [2.75, 3.05) is 26.8 Å². The normalized spacial score (nSPS) is 29.5. The molecule has 1 N–H and O–H groups in total. The van der Waals surface area contributed by atoms with Gasteiger partial charge in [0.25, 0.3) is 0 Å². The Bertz CT molecular complexity index is 245. The molecule has 4 heteroatoms. The van der Waals surface area contributed by atoms with E-state index in [0.29, 0.717) is 31.0 Å². The zero-order chi connectivity index (χ0) is 12.8. The van der Waals surface area contributed by atoms with Crippen LogP contribution in [0.4, 0.5) is 0 Å². The van der Waals surface area contributed by atoms with Gasteiger partial charge in [-0.15, -0.1) is 0 Å². The van der Waals surface area contributed by atoms with Gasteiger partial charge in [0.1, 0.15) is 0 Å². The average molecular weight is 243 g/mol. The molecule has 0 aliphatic heterocycles. The minimum atomic E-state index is -0.744. The lowest BCUT2D eigenvalue weighted by Crippen LogP contribution is -2.47. The molecule has 0 saturated heterocycles. The van der Waals surface area contributed by atoms with Crippen molar-refractivity contribution in [3.63, 3.8) is 0 Å². The predicted octanol–water partition coefficient (Wildman–Crippen LogP) is 1.84. The molecule has 4 nitrogen and oxygen atoms in total. The van der Waals surface area contributed by atoms with E-state index in [1.165, 1.54) is 12.8 Å². The van der Waals surface area contributed by atoms with E-state index in [4.69, 9.17) is 9.84 Å². The summed E-state index contributed by atoms with van der Waals surface area (Å²) in [5, 5.41) is 8.98. The van der Waals surface area contributed by atoms with Crippen LogP contribution in [0.15, 0.2) is 0 Å². The monoisotopic (exact) mass is 243 g/mol. The fraction of sp³-hybridized carbons (Fsp3) is 0.923. The molecule has 1 saturated carbocycles. The van der Waals surface area contributed by atoms with Crippen LogP contribution in [0.1, 0.15) is 33.1 Å². The number of carboxylic acids is 1. The summed E-state index contributed by atoms with van der Waals surface area (Å²) in [6, 6.07) is 0.394. The third-order valence-corrected chi connectivity index (χ3v) is 4.05. The zero-order valence-corrected chi connectivity index (χ0v) is 11.2. The largest absolute Gasteiger partial charge is 0.480 e. The number of methoxy groups -OCH3 is 1. The van der Waals surface area contributed by atoms with Gasteiger partial charge in [-0.25, -0.2) is 0 Å². The molecule has 0 aromatic rings. The first-order valence-corrected chi connectivity index (χ1v) is 6.51. The maximum atomic E-state index is 10.9. The van der Waals surface area contributed by atoms with E-state index in [1.54, 1.807) is 7.11 Å². The van der Waals surface area contributed by atoms with Crippen molar-refractivity contribution >= 4 is 5.97 Å². The van der Waals surface area contributed by atoms with Crippen molar-refractivity contribution in [2.24, 2.45) is 11.8 Å². The summed E-state index contributed by atoms with van der Waals surface area (Å²) in [5.74, 6) is 0.513. The van der Waals surface area contributed by atoms with Gasteiger partial charge < -0.3 is 9.84 Å². The third kappa shape index (κ3) is 4.28. The molecular formula is C13H25NO3. The molecular weight excluding hydrogens is 218 g/mol. The smallest absolute Gasteiger partial charge is 0.317 e. The second-order valence-electron chi connectivity index (χ2n) is 5.19. The van der Waals surface area contributed by atoms with Crippen LogP contribution in [0.2, 0.25) is 0 Å². The number of hydrogen-bond donors (Lipinski definition) is 1. The van der Waals surface area contributed by atoms with Crippen molar-refractivity contribution in [1.29, 1.82) is 0 Å². The number of rotatable bonds is 6. The van der Waals surface area contributed by atoms with Crippen LogP contribution in [-0.4, -0.2) is 48.8 Å². The number of carboxylic acid groups (broad SMARTS) is 1. The van der Waals surface area contributed by atoms with Gasteiger partial charge in [0, 0.05) is 19.7 Å². The standard InChI is InChI=1S/C13H25NO3/c1-10-5-4-6-12(11(10)2)14(7-8-17-3)9-13(15)16/h10-12H,4-9H2,1-3H3,(H,15,16). The molecule has 0 aromatic carbocycles. The van der Waals surface area contributed by atoms with Gasteiger partial charge in [0.2, 0.25) is 0 Å². The van der Waals surface area contributed by atoms with Gasteiger partial charge in [0.15, 0.2) is 0 Å². The van der Waals surface area contributed by atoms with Gasteiger partial charge in [-0.3, -0.25) is 9.69 Å². The summed E-state index contributed by atoms with van der Waals surface area (Å²) < 4.78 is 5.07. The third-order valence-electron chi connectivity index (χ3n) is 4.05. The van der Waals surface area contributed by atoms with Crippen molar-refractivity contribution in [2.45, 2.75) is 39.2 Å². The van der Waals surface area contributed by atoms with Crippen LogP contribution in [0.3, 0.4) is 0 Å². The molecule has 0 amide bonds. The van der Waals surface area contributed by atoms with E-state index in [-0.39, 0.29) is 6.54 Å². The predicted molar refractivity (Wildman–Crippen MR) is 67.1 cm³/mol. The molecule has 1 rings (SSSR count). The molecule has 0 heterocycles. The lowest BCUT2D eigenvalue weighted by atomic mass is 9.77. The van der Waals surface area contributed by atoms with E-state index in [9.17, 15) is 4.79 Å². The number of nitrogens with zero attached hydrogens (tertiary/aromatic N) is 1. The number of ether oxygens (including phenoxy) is 1. The molecule has 17 heavy (non-hydrogen) atoms. The topological polar surface area (TPSA) is 49.8 Å². The lowest BCUT2D eigenvalue weighted by molar-refractivity contribution is -0.139. The summed E-state index contributed by atoms with van der Waals surface area (Å²) in [5.41, 5.74) is 0. The molecule has 0 radical (unpaired) electrons. The number of hydrogen-bond acceptors (Lipinski definition) is 3. The Balaban J connectivity index is 2.62. The molecule has 0 bridgehead atoms. The van der Waals surface area contributed by atoms with Gasteiger partial charge in [-0.2, -0.15) is 0 Å². The van der Waals surface area contributed by atoms with Crippen LogP contribution in [0.25, 0.3) is 0 Å². The van der Waals surface area contributed by atoms with Gasteiger partial charge in [-0.05, 0) is 18.3 Å². The van der Waals surface area contributed by atoms with Crippen molar-refractivity contribution in [1.82, 2.24) is 4.90 Å². The van der Waals surface area contributed by atoms with Crippen LogP contribution in [0.5, 0.6) is 0 Å². The number of carbonyl (C=O) groups is 1. The Kier molecular flexibility index (Phi) is 5.92. The second kappa shape index (κ2) is 6.97. The summed E-state index contributed by atoms with van der Waals surface area (Å²) in [4.78, 5) is 13.0. The average Bonchev–Trinajstić information content (AvgIpc) is 2.28. The minimum Gasteiger partial charge on any atom is -0.480 e. The molecule has 3 atom stereocenters. The van der Waals surface area contributed by atoms with Gasteiger partial charge in [-0.1, -0.05) is 26.7 Å². The molecule has 100 valence electrons. The molecule has 3 unspecified atom stereocenters. The van der Waals surface area contributed by atoms with Crippen molar-refractivity contribution in [3.8, 4) is 0 Å². The van der Waals surface area contributed by atoms with Crippen molar-refractivity contribution in [3.05, 3.63) is 0 Å². The van der Waals surface area contributed by atoms with E-state index >= 15 is 0 Å². The molecule has 1 fully saturated rings. The highest BCUT2D eigenvalue weighted by Gasteiger charge is 2.32. The van der Waals surface area contributed by atoms with Crippen LogP contribution in [-0.2, 0) is 9.53 Å². The fourth-order valence-corrected chi connectivity index (χ4v) is 2.81. The summed E-state index contributed by atoms with van der Waals surface area (Å²) >= 11 is 0. The Morgan fingerprint density at radius 3 is 2.71 bits per heavy atom. The quantitative estimate of drug-likeness (QED) is 0.773. The maximum Gasteiger partial charge on any atom is 0.317 e. The Hall–Kier alpha value is -0.610. The first kappa shape index (κ1) is 14.5. The fourth-order valence-electron chi connectivity index (χ4n) is 2.81. The van der Waals surface area contributed by atoms with Gasteiger partial charge >= 0.3 is 5.97 Å². The molecule has 0 spiro atoms. The van der Waals surface area contributed by atoms with Gasteiger partial charge in [0.05, 0.1) is 13.2 Å². The number of aliphatic carboxylic acids is 1. The van der Waals surface area contributed by atoms with E-state index in [1.807, 2.05) is 0 Å². The second-order valence-corrected chi connectivity index (χ2v) is 5.19. The van der Waals surface area contributed by atoms with Crippen LogP contribution in [0, 0.1) is 11.8 Å². The highest BCUT2D eigenvalue weighted by Crippen LogP contribution is 2.32.